The van der Waals surface area contributed by atoms with Crippen LogP contribution in [0, 0.1) is 11.7 Å². The molecule has 1 aromatic heterocycles. The molecule has 94 valence electrons. The predicted molar refractivity (Wildman–Crippen MR) is 65.3 cm³/mol. The summed E-state index contributed by atoms with van der Waals surface area (Å²) in [6.45, 7) is 4.65. The van der Waals surface area contributed by atoms with E-state index >= 15 is 0 Å². The lowest BCUT2D eigenvalue weighted by Crippen LogP contribution is -2.34. The first-order valence-electron chi connectivity index (χ1n) is 6.14. The van der Waals surface area contributed by atoms with Crippen molar-refractivity contribution in [1.82, 2.24) is 4.98 Å². The Morgan fingerprint density at radius 3 is 2.76 bits per heavy atom. The molecule has 0 aromatic carbocycles. The molecule has 1 aliphatic rings. The molecule has 17 heavy (non-hydrogen) atoms. The molecule has 1 heterocycles. The standard InChI is InChI=1S/C13H19FN2O/c1-9(2)16(7-10-3-4-10)13-12(14)11(8-17)5-6-15-13/h5-6,9-10,17H,3-4,7-8H2,1-2H3. The third kappa shape index (κ3) is 2.75. The molecule has 1 aliphatic carbocycles. The van der Waals surface area contributed by atoms with Crippen molar-refractivity contribution in [2.24, 2.45) is 5.92 Å². The molecule has 1 saturated carbocycles. The molecule has 1 aromatic rings. The van der Waals surface area contributed by atoms with Gasteiger partial charge in [0.15, 0.2) is 11.6 Å². The summed E-state index contributed by atoms with van der Waals surface area (Å²) in [7, 11) is 0. The van der Waals surface area contributed by atoms with Crippen LogP contribution in [-0.4, -0.2) is 22.7 Å². The third-order valence-corrected chi connectivity index (χ3v) is 3.17. The van der Waals surface area contributed by atoms with Crippen LogP contribution in [0.2, 0.25) is 0 Å². The van der Waals surface area contributed by atoms with Gasteiger partial charge in [-0.05, 0) is 38.7 Å². The SMILES string of the molecule is CC(C)N(CC1CC1)c1nccc(CO)c1F. The summed E-state index contributed by atoms with van der Waals surface area (Å²) < 4.78 is 14.1. The van der Waals surface area contributed by atoms with Crippen LogP contribution in [0.4, 0.5) is 10.2 Å². The van der Waals surface area contributed by atoms with Gasteiger partial charge in [0.05, 0.1) is 6.61 Å². The molecule has 0 saturated heterocycles. The van der Waals surface area contributed by atoms with Gasteiger partial charge in [-0.1, -0.05) is 0 Å². The van der Waals surface area contributed by atoms with Crippen LogP contribution in [0.25, 0.3) is 0 Å². The van der Waals surface area contributed by atoms with E-state index in [9.17, 15) is 4.39 Å². The Bertz CT molecular complexity index is 391. The minimum atomic E-state index is -0.385. The monoisotopic (exact) mass is 238 g/mol. The number of aliphatic hydroxyl groups is 1. The molecule has 0 spiro atoms. The molecule has 3 nitrogen and oxygen atoms in total. The van der Waals surface area contributed by atoms with Crippen molar-refractivity contribution in [1.29, 1.82) is 0 Å². The summed E-state index contributed by atoms with van der Waals surface area (Å²) in [6.07, 6.45) is 4.02. The summed E-state index contributed by atoms with van der Waals surface area (Å²) >= 11 is 0. The molecule has 0 amide bonds. The lowest BCUT2D eigenvalue weighted by Gasteiger charge is -2.28. The Balaban J connectivity index is 2.27. The van der Waals surface area contributed by atoms with Crippen LogP contribution >= 0.6 is 0 Å². The van der Waals surface area contributed by atoms with Crippen LogP contribution in [0.15, 0.2) is 12.3 Å². The number of aliphatic hydroxyl groups excluding tert-OH is 1. The first kappa shape index (κ1) is 12.3. The smallest absolute Gasteiger partial charge is 0.171 e. The van der Waals surface area contributed by atoms with Crippen molar-refractivity contribution in [3.63, 3.8) is 0 Å². The lowest BCUT2D eigenvalue weighted by atomic mass is 10.2. The van der Waals surface area contributed by atoms with Gasteiger partial charge >= 0.3 is 0 Å². The molecule has 1 fully saturated rings. The molecule has 1 N–H and O–H groups in total. The van der Waals surface area contributed by atoms with E-state index < -0.39 is 0 Å². The number of anilines is 1. The van der Waals surface area contributed by atoms with Crippen molar-refractivity contribution in [3.05, 3.63) is 23.6 Å². The number of hydrogen-bond donors (Lipinski definition) is 1. The first-order valence-corrected chi connectivity index (χ1v) is 6.14. The summed E-state index contributed by atoms with van der Waals surface area (Å²) in [6, 6.07) is 1.74. The molecule has 0 aliphatic heterocycles. The van der Waals surface area contributed by atoms with Gasteiger partial charge < -0.3 is 10.0 Å². The minimum absolute atomic E-state index is 0.214. The largest absolute Gasteiger partial charge is 0.392 e. The second kappa shape index (κ2) is 5.00. The van der Waals surface area contributed by atoms with Gasteiger partial charge in [-0.25, -0.2) is 9.37 Å². The predicted octanol–water partition coefficient (Wildman–Crippen LogP) is 2.34. The van der Waals surface area contributed by atoms with Crippen LogP contribution < -0.4 is 4.90 Å². The van der Waals surface area contributed by atoms with Crippen molar-refractivity contribution < 1.29 is 9.50 Å². The molecule has 0 radical (unpaired) electrons. The second-order valence-electron chi connectivity index (χ2n) is 4.96. The first-order chi connectivity index (χ1) is 8.13. The Morgan fingerprint density at radius 1 is 1.53 bits per heavy atom. The number of halogens is 1. The van der Waals surface area contributed by atoms with E-state index in [-0.39, 0.29) is 18.5 Å². The Labute approximate surface area is 101 Å². The van der Waals surface area contributed by atoms with Crippen LogP contribution in [0.1, 0.15) is 32.3 Å². The highest BCUT2D eigenvalue weighted by atomic mass is 19.1. The van der Waals surface area contributed by atoms with Crippen LogP contribution in [0.3, 0.4) is 0 Å². The molecule has 0 atom stereocenters. The maximum atomic E-state index is 14.1. The highest BCUT2D eigenvalue weighted by molar-refractivity contribution is 5.44. The normalized spacial score (nSPS) is 15.4. The van der Waals surface area contributed by atoms with Crippen molar-refractivity contribution in [2.45, 2.75) is 39.3 Å². The van der Waals surface area contributed by atoms with Gasteiger partial charge in [-0.3, -0.25) is 0 Å². The second-order valence-corrected chi connectivity index (χ2v) is 4.96. The van der Waals surface area contributed by atoms with Crippen molar-refractivity contribution in [3.8, 4) is 0 Å². The molecular formula is C13H19FN2O. The fraction of sp³-hybridized carbons (Fsp3) is 0.615. The van der Waals surface area contributed by atoms with Gasteiger partial charge in [-0.15, -0.1) is 0 Å². The average molecular weight is 238 g/mol. The Morgan fingerprint density at radius 2 is 2.24 bits per heavy atom. The van der Waals surface area contributed by atoms with Crippen molar-refractivity contribution >= 4 is 5.82 Å². The molecule has 0 bridgehead atoms. The summed E-state index contributed by atoms with van der Waals surface area (Å²) in [5, 5.41) is 9.07. The van der Waals surface area contributed by atoms with Gasteiger partial charge in [0, 0.05) is 24.3 Å². The van der Waals surface area contributed by atoms with Crippen LogP contribution in [-0.2, 0) is 6.61 Å². The molecule has 0 unspecified atom stereocenters. The quantitative estimate of drug-likeness (QED) is 0.855. The zero-order valence-electron chi connectivity index (χ0n) is 10.4. The maximum absolute atomic E-state index is 14.1. The topological polar surface area (TPSA) is 36.4 Å². The summed E-state index contributed by atoms with van der Waals surface area (Å²) in [5.41, 5.74) is 0.316. The van der Waals surface area contributed by atoms with E-state index in [1.165, 1.54) is 18.9 Å². The lowest BCUT2D eigenvalue weighted by molar-refractivity contribution is 0.275. The van der Waals surface area contributed by atoms with E-state index in [4.69, 9.17) is 5.11 Å². The van der Waals surface area contributed by atoms with Gasteiger partial charge in [0.25, 0.3) is 0 Å². The molecule has 4 heteroatoms. The Hall–Kier alpha value is -1.16. The molecular weight excluding hydrogens is 219 g/mol. The van der Waals surface area contributed by atoms with E-state index in [0.29, 0.717) is 17.3 Å². The number of nitrogens with zero attached hydrogens (tertiary/aromatic N) is 2. The highest BCUT2D eigenvalue weighted by Gasteiger charge is 2.28. The zero-order valence-corrected chi connectivity index (χ0v) is 10.4. The highest BCUT2D eigenvalue weighted by Crippen LogP contribution is 2.32. The van der Waals surface area contributed by atoms with E-state index in [1.54, 1.807) is 6.20 Å². The minimum Gasteiger partial charge on any atom is -0.392 e. The van der Waals surface area contributed by atoms with E-state index in [1.807, 2.05) is 18.7 Å². The average Bonchev–Trinajstić information content (AvgIpc) is 3.10. The van der Waals surface area contributed by atoms with Crippen LogP contribution in [0.5, 0.6) is 0 Å². The summed E-state index contributed by atoms with van der Waals surface area (Å²) in [5.74, 6) is 0.666. The number of hydrogen-bond acceptors (Lipinski definition) is 3. The van der Waals surface area contributed by atoms with Gasteiger partial charge in [0.2, 0.25) is 0 Å². The number of aromatic nitrogens is 1. The Kier molecular flexibility index (Phi) is 3.62. The van der Waals surface area contributed by atoms with Gasteiger partial charge in [-0.2, -0.15) is 0 Å². The van der Waals surface area contributed by atoms with Gasteiger partial charge in [0.1, 0.15) is 0 Å². The molecule has 2 rings (SSSR count). The fourth-order valence-electron chi connectivity index (χ4n) is 1.91. The number of pyridine rings is 1. The summed E-state index contributed by atoms with van der Waals surface area (Å²) in [4.78, 5) is 6.12. The van der Waals surface area contributed by atoms with E-state index in [0.717, 1.165) is 6.54 Å². The van der Waals surface area contributed by atoms with E-state index in [2.05, 4.69) is 4.98 Å². The van der Waals surface area contributed by atoms with Crippen molar-refractivity contribution in [2.75, 3.05) is 11.4 Å². The third-order valence-electron chi connectivity index (χ3n) is 3.17. The maximum Gasteiger partial charge on any atom is 0.171 e. The number of rotatable bonds is 5. The fourth-order valence-corrected chi connectivity index (χ4v) is 1.91. The zero-order chi connectivity index (χ0) is 12.4.